The molecule has 1 aromatic heterocycles. The third kappa shape index (κ3) is 4.64. The molecule has 0 spiro atoms. The number of aromatic nitrogens is 1. The number of benzene rings is 2. The highest BCUT2D eigenvalue weighted by Gasteiger charge is 2.38. The number of amides is 1. The average Bonchev–Trinajstić information content (AvgIpc) is 3.16. The Morgan fingerprint density at radius 2 is 1.89 bits per heavy atom. The van der Waals surface area contributed by atoms with Gasteiger partial charge in [-0.1, -0.05) is 42.5 Å². The SMILES string of the molecule is N#C/C(=C\c1cccc(NC(=O)C(F)(F)F)c1)c1nc(-c2ccccc2)cs1. The Labute approximate surface area is 162 Å². The highest BCUT2D eigenvalue weighted by molar-refractivity contribution is 7.11. The van der Waals surface area contributed by atoms with Crippen LogP contribution in [0.25, 0.3) is 22.9 Å². The van der Waals surface area contributed by atoms with Crippen molar-refractivity contribution in [3.8, 4) is 17.3 Å². The molecule has 28 heavy (non-hydrogen) atoms. The zero-order chi connectivity index (χ0) is 20.1. The van der Waals surface area contributed by atoms with E-state index in [2.05, 4.69) is 11.1 Å². The van der Waals surface area contributed by atoms with Gasteiger partial charge in [-0.15, -0.1) is 11.3 Å². The normalized spacial score (nSPS) is 11.7. The minimum absolute atomic E-state index is 0.0162. The minimum Gasteiger partial charge on any atom is -0.318 e. The predicted octanol–water partition coefficient (Wildman–Crippen LogP) is 5.38. The van der Waals surface area contributed by atoms with Gasteiger partial charge < -0.3 is 5.32 Å². The second kappa shape index (κ2) is 8.06. The molecule has 0 aliphatic rings. The van der Waals surface area contributed by atoms with Crippen molar-refractivity contribution in [3.63, 3.8) is 0 Å². The van der Waals surface area contributed by atoms with E-state index in [0.29, 0.717) is 10.6 Å². The van der Waals surface area contributed by atoms with Gasteiger partial charge in [0, 0.05) is 16.6 Å². The third-order valence-electron chi connectivity index (χ3n) is 3.64. The van der Waals surface area contributed by atoms with Crippen LogP contribution in [0.5, 0.6) is 0 Å². The Balaban J connectivity index is 1.86. The van der Waals surface area contributed by atoms with Gasteiger partial charge in [0.05, 0.1) is 11.3 Å². The Kier molecular flexibility index (Phi) is 5.57. The standard InChI is InChI=1S/C20H12F3N3OS/c21-20(22,23)19(27)25-16-8-4-5-13(10-16)9-15(11-24)18-26-17(12-28-18)14-6-2-1-3-7-14/h1-10,12H,(H,25,27)/b15-9+. The van der Waals surface area contributed by atoms with Crippen LogP contribution in [0.3, 0.4) is 0 Å². The van der Waals surface area contributed by atoms with Gasteiger partial charge in [-0.25, -0.2) is 4.98 Å². The molecule has 0 saturated carbocycles. The number of carbonyl (C=O) groups is 1. The largest absolute Gasteiger partial charge is 0.471 e. The summed E-state index contributed by atoms with van der Waals surface area (Å²) >= 11 is 1.29. The van der Waals surface area contributed by atoms with Crippen LogP contribution in [0.4, 0.5) is 18.9 Å². The lowest BCUT2D eigenvalue weighted by atomic mass is 10.1. The van der Waals surface area contributed by atoms with Crippen molar-refractivity contribution < 1.29 is 18.0 Å². The number of halogens is 3. The summed E-state index contributed by atoms with van der Waals surface area (Å²) in [7, 11) is 0. The van der Waals surface area contributed by atoms with Crippen LogP contribution in [0.2, 0.25) is 0 Å². The first-order valence-corrected chi connectivity index (χ1v) is 8.86. The van der Waals surface area contributed by atoms with E-state index in [1.165, 1.54) is 35.6 Å². The van der Waals surface area contributed by atoms with E-state index in [0.717, 1.165) is 11.3 Å². The number of thiazole rings is 1. The molecule has 1 amide bonds. The number of nitrogens with zero attached hydrogens (tertiary/aromatic N) is 2. The number of hydrogen-bond acceptors (Lipinski definition) is 4. The topological polar surface area (TPSA) is 65.8 Å². The Bertz CT molecular complexity index is 1070. The average molecular weight is 399 g/mol. The number of hydrogen-bond donors (Lipinski definition) is 1. The number of allylic oxidation sites excluding steroid dienone is 1. The highest BCUT2D eigenvalue weighted by atomic mass is 32.1. The summed E-state index contributed by atoms with van der Waals surface area (Å²) in [5, 5.41) is 13.6. The van der Waals surface area contributed by atoms with Crippen molar-refractivity contribution in [1.29, 1.82) is 5.26 Å². The Morgan fingerprint density at radius 3 is 2.57 bits per heavy atom. The van der Waals surface area contributed by atoms with Gasteiger partial charge in [-0.3, -0.25) is 4.79 Å². The molecule has 0 saturated heterocycles. The maximum absolute atomic E-state index is 12.4. The number of alkyl halides is 3. The molecule has 1 N–H and O–H groups in total. The van der Waals surface area contributed by atoms with Crippen LogP contribution in [0.1, 0.15) is 10.6 Å². The van der Waals surface area contributed by atoms with E-state index < -0.39 is 12.1 Å². The van der Waals surface area contributed by atoms with Gasteiger partial charge >= 0.3 is 12.1 Å². The summed E-state index contributed by atoms with van der Waals surface area (Å²) < 4.78 is 37.2. The van der Waals surface area contributed by atoms with Crippen LogP contribution in [-0.2, 0) is 4.79 Å². The number of nitrogens with one attached hydrogen (secondary N) is 1. The number of rotatable bonds is 4. The molecule has 140 valence electrons. The maximum atomic E-state index is 12.4. The van der Waals surface area contributed by atoms with Crippen molar-refractivity contribution in [3.05, 3.63) is 70.5 Å². The maximum Gasteiger partial charge on any atom is 0.471 e. The van der Waals surface area contributed by atoms with E-state index in [1.54, 1.807) is 11.4 Å². The van der Waals surface area contributed by atoms with E-state index in [-0.39, 0.29) is 11.3 Å². The highest BCUT2D eigenvalue weighted by Crippen LogP contribution is 2.27. The van der Waals surface area contributed by atoms with Gasteiger partial charge in [-0.05, 0) is 23.8 Å². The van der Waals surface area contributed by atoms with Crippen LogP contribution in [-0.4, -0.2) is 17.1 Å². The molecule has 0 aliphatic heterocycles. The predicted molar refractivity (Wildman–Crippen MR) is 102 cm³/mol. The number of nitriles is 1. The molecule has 1 heterocycles. The summed E-state index contributed by atoms with van der Waals surface area (Å²) in [6.45, 7) is 0. The molecule has 0 radical (unpaired) electrons. The first kappa shape index (κ1) is 19.3. The lowest BCUT2D eigenvalue weighted by Crippen LogP contribution is -2.29. The van der Waals surface area contributed by atoms with Gasteiger partial charge in [0.15, 0.2) is 0 Å². The minimum atomic E-state index is -4.97. The molecule has 8 heteroatoms. The molecule has 2 aromatic carbocycles. The van der Waals surface area contributed by atoms with E-state index in [9.17, 15) is 23.2 Å². The Hall–Kier alpha value is -3.44. The second-order valence-corrected chi connectivity index (χ2v) is 6.51. The van der Waals surface area contributed by atoms with Gasteiger partial charge in [0.1, 0.15) is 11.1 Å². The van der Waals surface area contributed by atoms with E-state index in [4.69, 9.17) is 0 Å². The lowest BCUT2D eigenvalue weighted by molar-refractivity contribution is -0.167. The quantitative estimate of drug-likeness (QED) is 0.600. The molecule has 0 bridgehead atoms. The molecule has 4 nitrogen and oxygen atoms in total. The van der Waals surface area contributed by atoms with Crippen LogP contribution in [0.15, 0.2) is 60.0 Å². The Morgan fingerprint density at radius 1 is 1.14 bits per heavy atom. The van der Waals surface area contributed by atoms with E-state index >= 15 is 0 Å². The summed E-state index contributed by atoms with van der Waals surface area (Å²) in [6, 6.07) is 17.3. The van der Waals surface area contributed by atoms with Crippen LogP contribution in [0, 0.1) is 11.3 Å². The zero-order valence-corrected chi connectivity index (χ0v) is 15.0. The molecule has 0 unspecified atom stereocenters. The fourth-order valence-corrected chi connectivity index (χ4v) is 3.15. The number of anilines is 1. The fourth-order valence-electron chi connectivity index (χ4n) is 2.36. The molecular formula is C20H12F3N3OS. The first-order chi connectivity index (χ1) is 13.4. The zero-order valence-electron chi connectivity index (χ0n) is 14.2. The van der Waals surface area contributed by atoms with Crippen LogP contribution >= 0.6 is 11.3 Å². The van der Waals surface area contributed by atoms with Crippen molar-refractivity contribution in [2.45, 2.75) is 6.18 Å². The molecule has 0 aliphatic carbocycles. The molecular weight excluding hydrogens is 387 g/mol. The summed E-state index contributed by atoms with van der Waals surface area (Å²) in [5.41, 5.74) is 2.36. The summed E-state index contributed by atoms with van der Waals surface area (Å²) in [4.78, 5) is 15.5. The molecule has 0 fully saturated rings. The monoisotopic (exact) mass is 399 g/mol. The fraction of sp³-hybridized carbons (Fsp3) is 0.0500. The smallest absolute Gasteiger partial charge is 0.318 e. The van der Waals surface area contributed by atoms with Gasteiger partial charge in [-0.2, -0.15) is 18.4 Å². The lowest BCUT2D eigenvalue weighted by Gasteiger charge is -2.08. The number of carbonyl (C=O) groups excluding carboxylic acids is 1. The van der Waals surface area contributed by atoms with Crippen molar-refractivity contribution in [2.24, 2.45) is 0 Å². The molecule has 3 rings (SSSR count). The molecule has 0 atom stereocenters. The second-order valence-electron chi connectivity index (χ2n) is 5.65. The summed E-state index contributed by atoms with van der Waals surface area (Å²) in [5.74, 6) is -2.05. The first-order valence-electron chi connectivity index (χ1n) is 7.98. The molecule has 3 aromatic rings. The van der Waals surface area contributed by atoms with Crippen molar-refractivity contribution in [2.75, 3.05) is 5.32 Å². The van der Waals surface area contributed by atoms with Crippen LogP contribution < -0.4 is 5.32 Å². The van der Waals surface area contributed by atoms with E-state index in [1.807, 2.05) is 35.7 Å². The third-order valence-corrected chi connectivity index (χ3v) is 4.51. The van der Waals surface area contributed by atoms with Gasteiger partial charge in [0.25, 0.3) is 0 Å². The van der Waals surface area contributed by atoms with Gasteiger partial charge in [0.2, 0.25) is 0 Å². The van der Waals surface area contributed by atoms with Crippen molar-refractivity contribution in [1.82, 2.24) is 4.98 Å². The summed E-state index contributed by atoms with van der Waals surface area (Å²) in [6.07, 6.45) is -3.46. The van der Waals surface area contributed by atoms with Crippen molar-refractivity contribution >= 4 is 34.6 Å².